The molecule has 2 aromatic heterocycles. The zero-order valence-corrected chi connectivity index (χ0v) is 20.2. The van der Waals surface area contributed by atoms with Crippen LogP contribution >= 0.6 is 0 Å². The number of hydrogen-bond donors (Lipinski definition) is 1. The minimum Gasteiger partial charge on any atom is -0.363 e. The van der Waals surface area contributed by atoms with Crippen molar-refractivity contribution in [1.29, 1.82) is 0 Å². The molecule has 1 aliphatic rings. The van der Waals surface area contributed by atoms with Crippen molar-refractivity contribution >= 4 is 16.5 Å². The molecule has 4 aromatic rings. The minimum atomic E-state index is 0.0532. The number of anilines is 1. The van der Waals surface area contributed by atoms with Gasteiger partial charge in [0.2, 0.25) is 0 Å². The van der Waals surface area contributed by atoms with Gasteiger partial charge in [0.25, 0.3) is 5.56 Å². The van der Waals surface area contributed by atoms with Gasteiger partial charge in [0.15, 0.2) is 0 Å². The molecule has 2 aromatic carbocycles. The first-order valence-electron chi connectivity index (χ1n) is 12.2. The molecule has 1 N–H and O–H groups in total. The first-order chi connectivity index (χ1) is 16.5. The second-order valence-corrected chi connectivity index (χ2v) is 9.51. The Labute approximate surface area is 201 Å². The van der Waals surface area contributed by atoms with E-state index in [1.807, 2.05) is 36.1 Å². The van der Waals surface area contributed by atoms with Gasteiger partial charge in [0.05, 0.1) is 5.69 Å². The summed E-state index contributed by atoms with van der Waals surface area (Å²) in [7, 11) is 1.90. The van der Waals surface area contributed by atoms with Gasteiger partial charge in [0.1, 0.15) is 5.69 Å². The summed E-state index contributed by atoms with van der Waals surface area (Å²) in [6, 6.07) is 21.7. The Bertz CT molecular complexity index is 1360. The van der Waals surface area contributed by atoms with E-state index in [0.717, 1.165) is 59.4 Å². The van der Waals surface area contributed by atoms with Crippen LogP contribution in [0.3, 0.4) is 0 Å². The molecule has 0 aliphatic carbocycles. The maximum atomic E-state index is 13.8. The summed E-state index contributed by atoms with van der Waals surface area (Å²) in [5.41, 5.74) is 4.92. The maximum absolute atomic E-state index is 13.8. The predicted molar refractivity (Wildman–Crippen MR) is 141 cm³/mol. The Morgan fingerprint density at radius 3 is 2.53 bits per heavy atom. The Morgan fingerprint density at radius 2 is 1.76 bits per heavy atom. The van der Waals surface area contributed by atoms with Gasteiger partial charge in [-0.2, -0.15) is 0 Å². The van der Waals surface area contributed by atoms with Crippen molar-refractivity contribution in [3.05, 3.63) is 83.4 Å². The number of benzene rings is 2. The molecule has 1 fully saturated rings. The highest BCUT2D eigenvalue weighted by Gasteiger charge is 2.28. The van der Waals surface area contributed by atoms with Crippen LogP contribution in [0.4, 0.5) is 5.69 Å². The predicted octanol–water partition coefficient (Wildman–Crippen LogP) is 5.23. The first kappa shape index (κ1) is 22.4. The van der Waals surface area contributed by atoms with Crippen molar-refractivity contribution in [2.75, 3.05) is 18.0 Å². The van der Waals surface area contributed by atoms with Crippen molar-refractivity contribution in [2.24, 2.45) is 7.05 Å². The van der Waals surface area contributed by atoms with Crippen LogP contribution in [0.2, 0.25) is 0 Å². The molecule has 0 spiro atoms. The van der Waals surface area contributed by atoms with Gasteiger partial charge in [-0.1, -0.05) is 50.2 Å². The Kier molecular flexibility index (Phi) is 6.20. The molecule has 1 atom stereocenters. The van der Waals surface area contributed by atoms with Crippen LogP contribution in [0.5, 0.6) is 0 Å². The molecule has 0 unspecified atom stereocenters. The van der Waals surface area contributed by atoms with Gasteiger partial charge >= 0.3 is 0 Å². The molecule has 5 heteroatoms. The van der Waals surface area contributed by atoms with Crippen LogP contribution in [0.25, 0.3) is 33.2 Å². The van der Waals surface area contributed by atoms with Crippen LogP contribution in [0, 0.1) is 0 Å². The van der Waals surface area contributed by atoms with Gasteiger partial charge < -0.3 is 14.8 Å². The fourth-order valence-electron chi connectivity index (χ4n) is 5.10. The second-order valence-electron chi connectivity index (χ2n) is 9.51. The number of nitrogens with one attached hydrogen (secondary N) is 1. The standard InChI is InChI=1S/C29H32N4O/c1-20(2)31-19-25-9-6-16-33(25)27-18-26(22-12-14-30-15-13-22)28(32(3)29(27)34)24-11-10-21-7-4-5-8-23(21)17-24/h4-5,7-8,10-15,17-18,20,25,31H,6,9,16,19H2,1-3H3/t25-/m1/s1. The molecule has 3 heterocycles. The number of pyridine rings is 2. The smallest absolute Gasteiger partial charge is 0.274 e. The van der Waals surface area contributed by atoms with E-state index in [0.29, 0.717) is 12.1 Å². The third kappa shape index (κ3) is 4.24. The van der Waals surface area contributed by atoms with E-state index in [1.165, 1.54) is 5.39 Å². The van der Waals surface area contributed by atoms with E-state index in [1.54, 1.807) is 0 Å². The van der Waals surface area contributed by atoms with Crippen molar-refractivity contribution in [2.45, 2.75) is 38.8 Å². The lowest BCUT2D eigenvalue weighted by molar-refractivity contribution is 0.523. The summed E-state index contributed by atoms with van der Waals surface area (Å²) < 4.78 is 1.83. The lowest BCUT2D eigenvalue weighted by atomic mass is 9.97. The highest BCUT2D eigenvalue weighted by molar-refractivity contribution is 5.91. The number of fused-ring (bicyclic) bond motifs is 1. The third-order valence-electron chi connectivity index (χ3n) is 6.86. The molecule has 5 rings (SSSR count). The van der Waals surface area contributed by atoms with Crippen LogP contribution in [-0.2, 0) is 7.05 Å². The second kappa shape index (κ2) is 9.43. The summed E-state index contributed by atoms with van der Waals surface area (Å²) in [5.74, 6) is 0. The average Bonchev–Trinajstić information content (AvgIpc) is 3.33. The van der Waals surface area contributed by atoms with E-state index in [-0.39, 0.29) is 5.56 Å². The van der Waals surface area contributed by atoms with Gasteiger partial charge in [-0.25, -0.2) is 0 Å². The van der Waals surface area contributed by atoms with E-state index >= 15 is 0 Å². The van der Waals surface area contributed by atoms with Crippen molar-refractivity contribution in [3.63, 3.8) is 0 Å². The topological polar surface area (TPSA) is 50.2 Å². The number of rotatable bonds is 6. The molecule has 5 nitrogen and oxygen atoms in total. The molecule has 0 radical (unpaired) electrons. The molecule has 1 saturated heterocycles. The minimum absolute atomic E-state index is 0.0532. The van der Waals surface area contributed by atoms with Crippen molar-refractivity contribution < 1.29 is 0 Å². The van der Waals surface area contributed by atoms with Gasteiger partial charge in [-0.05, 0) is 59.0 Å². The summed E-state index contributed by atoms with van der Waals surface area (Å²) in [6.45, 7) is 6.12. The number of hydrogen-bond acceptors (Lipinski definition) is 4. The van der Waals surface area contributed by atoms with Crippen molar-refractivity contribution in [1.82, 2.24) is 14.9 Å². The highest BCUT2D eigenvalue weighted by Crippen LogP contribution is 2.35. The SMILES string of the molecule is CC(C)NC[C@H]1CCCN1c1cc(-c2ccncc2)c(-c2ccc3ccccc3c2)n(C)c1=O. The highest BCUT2D eigenvalue weighted by atomic mass is 16.1. The monoisotopic (exact) mass is 452 g/mol. The van der Waals surface area contributed by atoms with E-state index in [4.69, 9.17) is 0 Å². The third-order valence-corrected chi connectivity index (χ3v) is 6.86. The van der Waals surface area contributed by atoms with Gasteiger partial charge in [-0.3, -0.25) is 9.78 Å². The average molecular weight is 453 g/mol. The summed E-state index contributed by atoms with van der Waals surface area (Å²) >= 11 is 0. The Balaban J connectivity index is 1.68. The largest absolute Gasteiger partial charge is 0.363 e. The molecule has 0 amide bonds. The zero-order valence-electron chi connectivity index (χ0n) is 20.2. The maximum Gasteiger partial charge on any atom is 0.274 e. The van der Waals surface area contributed by atoms with Crippen LogP contribution in [0.1, 0.15) is 26.7 Å². The Hall–Kier alpha value is -3.44. The molecular weight excluding hydrogens is 420 g/mol. The fourth-order valence-corrected chi connectivity index (χ4v) is 5.10. The van der Waals surface area contributed by atoms with Gasteiger partial charge in [-0.15, -0.1) is 0 Å². The molecular formula is C29H32N4O. The summed E-state index contributed by atoms with van der Waals surface area (Å²) in [4.78, 5) is 20.3. The quantitative estimate of drug-likeness (QED) is 0.435. The van der Waals surface area contributed by atoms with Crippen LogP contribution in [-0.4, -0.2) is 34.7 Å². The number of aromatic nitrogens is 2. The first-order valence-corrected chi connectivity index (χ1v) is 12.2. The van der Waals surface area contributed by atoms with Crippen LogP contribution in [0.15, 0.2) is 77.9 Å². The van der Waals surface area contributed by atoms with Gasteiger partial charge in [0, 0.05) is 50.2 Å². The fraction of sp³-hybridized carbons (Fsp3) is 0.310. The summed E-state index contributed by atoms with van der Waals surface area (Å²) in [5, 5.41) is 5.92. The summed E-state index contributed by atoms with van der Waals surface area (Å²) in [6.07, 6.45) is 5.83. The number of nitrogens with zero attached hydrogens (tertiary/aromatic N) is 3. The molecule has 34 heavy (non-hydrogen) atoms. The molecule has 1 aliphatic heterocycles. The van der Waals surface area contributed by atoms with E-state index in [9.17, 15) is 4.79 Å². The van der Waals surface area contributed by atoms with E-state index < -0.39 is 0 Å². The molecule has 174 valence electrons. The Morgan fingerprint density at radius 1 is 1.00 bits per heavy atom. The van der Waals surface area contributed by atoms with E-state index in [2.05, 4.69) is 77.6 Å². The zero-order chi connectivity index (χ0) is 23.7. The molecule has 0 bridgehead atoms. The lowest BCUT2D eigenvalue weighted by Crippen LogP contribution is -2.42. The normalized spacial score (nSPS) is 16.0. The van der Waals surface area contributed by atoms with Crippen LogP contribution < -0.4 is 15.8 Å². The molecule has 0 saturated carbocycles. The lowest BCUT2D eigenvalue weighted by Gasteiger charge is -2.29. The van der Waals surface area contributed by atoms with Crippen molar-refractivity contribution in [3.8, 4) is 22.4 Å².